The Morgan fingerprint density at radius 1 is 1.53 bits per heavy atom. The lowest BCUT2D eigenvalue weighted by atomic mass is 9.83. The van der Waals surface area contributed by atoms with Gasteiger partial charge in [-0.25, -0.2) is 0 Å². The third kappa shape index (κ3) is 2.62. The molecule has 0 aliphatic rings. The van der Waals surface area contributed by atoms with Gasteiger partial charge in [0.1, 0.15) is 5.69 Å². The summed E-state index contributed by atoms with van der Waals surface area (Å²) < 4.78 is 1.91. The van der Waals surface area contributed by atoms with Crippen molar-refractivity contribution in [3.8, 4) is 12.3 Å². The van der Waals surface area contributed by atoms with Crippen molar-refractivity contribution < 1.29 is 0 Å². The summed E-state index contributed by atoms with van der Waals surface area (Å²) in [7, 11) is 1.96. The maximum Gasteiger partial charge on any atom is 0.135 e. The highest BCUT2D eigenvalue weighted by Crippen LogP contribution is 2.28. The number of aryl methyl sites for hydroxylation is 1. The number of unbranched alkanes of at least 4 members (excludes halogenated alkanes) is 1. The predicted octanol–water partition coefficient (Wildman–Crippen LogP) is 2.87. The SMILES string of the molecule is C#Cc1cc(C(C)(C)CCCC)n(C)n1. The fourth-order valence-corrected chi connectivity index (χ4v) is 1.92. The molecule has 0 fully saturated rings. The summed E-state index contributed by atoms with van der Waals surface area (Å²) in [4.78, 5) is 0. The van der Waals surface area contributed by atoms with Crippen LogP contribution in [0.25, 0.3) is 0 Å². The summed E-state index contributed by atoms with van der Waals surface area (Å²) in [6, 6.07) is 2.02. The van der Waals surface area contributed by atoms with E-state index in [9.17, 15) is 0 Å². The molecule has 0 aliphatic heterocycles. The molecule has 1 heterocycles. The smallest absolute Gasteiger partial charge is 0.135 e. The van der Waals surface area contributed by atoms with Crippen molar-refractivity contribution in [1.82, 2.24) is 9.78 Å². The minimum absolute atomic E-state index is 0.160. The van der Waals surface area contributed by atoms with E-state index in [4.69, 9.17) is 6.42 Å². The third-order valence-electron chi connectivity index (χ3n) is 2.88. The second-order valence-electron chi connectivity index (χ2n) is 4.67. The van der Waals surface area contributed by atoms with Crippen molar-refractivity contribution in [2.24, 2.45) is 7.05 Å². The molecular weight excluding hydrogens is 184 g/mol. The number of nitrogens with zero attached hydrogens (tertiary/aromatic N) is 2. The van der Waals surface area contributed by atoms with Gasteiger partial charge in [-0.1, -0.05) is 33.6 Å². The van der Waals surface area contributed by atoms with E-state index in [1.165, 1.54) is 25.0 Å². The molecule has 0 bridgehead atoms. The molecule has 0 spiro atoms. The zero-order valence-electron chi connectivity index (χ0n) is 10.2. The van der Waals surface area contributed by atoms with Gasteiger partial charge >= 0.3 is 0 Å². The molecule has 0 amide bonds. The average Bonchev–Trinajstić information content (AvgIpc) is 2.57. The zero-order valence-corrected chi connectivity index (χ0v) is 10.2. The Hall–Kier alpha value is -1.23. The fourth-order valence-electron chi connectivity index (χ4n) is 1.92. The molecule has 0 saturated carbocycles. The summed E-state index contributed by atoms with van der Waals surface area (Å²) in [5.41, 5.74) is 2.12. The van der Waals surface area contributed by atoms with Crippen LogP contribution in [0.15, 0.2) is 6.07 Å². The van der Waals surface area contributed by atoms with Crippen molar-refractivity contribution >= 4 is 0 Å². The first-order valence-corrected chi connectivity index (χ1v) is 5.52. The van der Waals surface area contributed by atoms with Crippen LogP contribution in [0.1, 0.15) is 51.4 Å². The molecule has 0 aromatic carbocycles. The second-order valence-corrected chi connectivity index (χ2v) is 4.67. The molecule has 0 aliphatic carbocycles. The number of hydrogen-bond donors (Lipinski definition) is 0. The van der Waals surface area contributed by atoms with Crippen LogP contribution < -0.4 is 0 Å². The van der Waals surface area contributed by atoms with Crippen molar-refractivity contribution in [1.29, 1.82) is 0 Å². The van der Waals surface area contributed by atoms with Crippen molar-refractivity contribution in [2.75, 3.05) is 0 Å². The Morgan fingerprint density at radius 3 is 2.67 bits per heavy atom. The monoisotopic (exact) mass is 204 g/mol. The first kappa shape index (κ1) is 11.8. The van der Waals surface area contributed by atoms with E-state index < -0.39 is 0 Å². The van der Waals surface area contributed by atoms with Crippen LogP contribution in [-0.4, -0.2) is 9.78 Å². The molecule has 1 aromatic rings. The van der Waals surface area contributed by atoms with Crippen LogP contribution in [0.5, 0.6) is 0 Å². The van der Waals surface area contributed by atoms with Crippen LogP contribution in [0.4, 0.5) is 0 Å². The minimum atomic E-state index is 0.160. The Kier molecular flexibility index (Phi) is 3.57. The molecule has 1 aromatic heterocycles. The van der Waals surface area contributed by atoms with E-state index in [1.807, 2.05) is 17.8 Å². The van der Waals surface area contributed by atoms with Gasteiger partial charge in [0, 0.05) is 18.2 Å². The summed E-state index contributed by atoms with van der Waals surface area (Å²) in [5.74, 6) is 2.58. The maximum atomic E-state index is 5.35. The number of aromatic nitrogens is 2. The number of terminal acetylenes is 1. The molecule has 0 saturated heterocycles. The van der Waals surface area contributed by atoms with E-state index >= 15 is 0 Å². The van der Waals surface area contributed by atoms with Crippen LogP contribution in [-0.2, 0) is 12.5 Å². The van der Waals surface area contributed by atoms with Gasteiger partial charge in [0.2, 0.25) is 0 Å². The van der Waals surface area contributed by atoms with Gasteiger partial charge in [-0.2, -0.15) is 5.10 Å². The highest BCUT2D eigenvalue weighted by atomic mass is 15.3. The van der Waals surface area contributed by atoms with Crippen LogP contribution in [0.3, 0.4) is 0 Å². The highest BCUT2D eigenvalue weighted by molar-refractivity contribution is 5.29. The van der Waals surface area contributed by atoms with Gasteiger partial charge < -0.3 is 0 Å². The summed E-state index contributed by atoms with van der Waals surface area (Å²) in [6.07, 6.45) is 8.99. The summed E-state index contributed by atoms with van der Waals surface area (Å²) in [6.45, 7) is 6.71. The zero-order chi connectivity index (χ0) is 11.5. The average molecular weight is 204 g/mol. The van der Waals surface area contributed by atoms with Gasteiger partial charge in [-0.3, -0.25) is 4.68 Å². The first-order valence-electron chi connectivity index (χ1n) is 5.52. The highest BCUT2D eigenvalue weighted by Gasteiger charge is 2.23. The molecule has 0 unspecified atom stereocenters. The molecule has 15 heavy (non-hydrogen) atoms. The second kappa shape index (κ2) is 4.53. The van der Waals surface area contributed by atoms with E-state index in [0.717, 1.165) is 5.69 Å². The molecule has 2 heteroatoms. The van der Waals surface area contributed by atoms with E-state index in [2.05, 4.69) is 31.8 Å². The normalized spacial score (nSPS) is 11.4. The summed E-state index contributed by atoms with van der Waals surface area (Å²) >= 11 is 0. The van der Waals surface area contributed by atoms with Crippen molar-refractivity contribution in [3.63, 3.8) is 0 Å². The first-order chi connectivity index (χ1) is 7.01. The third-order valence-corrected chi connectivity index (χ3v) is 2.88. The minimum Gasteiger partial charge on any atom is -0.271 e. The van der Waals surface area contributed by atoms with Gasteiger partial charge in [0.25, 0.3) is 0 Å². The molecular formula is C13H20N2. The quantitative estimate of drug-likeness (QED) is 0.690. The molecule has 2 nitrogen and oxygen atoms in total. The molecule has 0 N–H and O–H groups in total. The van der Waals surface area contributed by atoms with Gasteiger partial charge in [0.15, 0.2) is 0 Å². The predicted molar refractivity (Wildman–Crippen MR) is 63.7 cm³/mol. The number of rotatable bonds is 4. The topological polar surface area (TPSA) is 17.8 Å². The Morgan fingerprint density at radius 2 is 2.20 bits per heavy atom. The fraction of sp³-hybridized carbons (Fsp3) is 0.615. The van der Waals surface area contributed by atoms with Crippen LogP contribution in [0, 0.1) is 12.3 Å². The van der Waals surface area contributed by atoms with Crippen LogP contribution in [0.2, 0.25) is 0 Å². The Labute approximate surface area is 92.7 Å². The lowest BCUT2D eigenvalue weighted by Gasteiger charge is -2.24. The number of hydrogen-bond acceptors (Lipinski definition) is 1. The van der Waals surface area contributed by atoms with E-state index in [0.29, 0.717) is 0 Å². The molecule has 82 valence electrons. The van der Waals surface area contributed by atoms with Gasteiger partial charge in [-0.15, -0.1) is 6.42 Å². The lowest BCUT2D eigenvalue weighted by Crippen LogP contribution is -2.20. The van der Waals surface area contributed by atoms with Gasteiger partial charge in [-0.05, 0) is 18.4 Å². The maximum absolute atomic E-state index is 5.35. The molecule has 1 rings (SSSR count). The molecule has 0 radical (unpaired) electrons. The standard InChI is InChI=1S/C13H20N2/c1-6-8-9-13(3,4)12-10-11(7-2)14-15(12)5/h2,10H,6,8-9H2,1,3-5H3. The largest absolute Gasteiger partial charge is 0.271 e. The summed E-state index contributed by atoms with van der Waals surface area (Å²) in [5, 5.41) is 4.28. The van der Waals surface area contributed by atoms with Crippen molar-refractivity contribution in [2.45, 2.75) is 45.4 Å². The Balaban J connectivity index is 2.94. The van der Waals surface area contributed by atoms with E-state index in [-0.39, 0.29) is 5.41 Å². The Bertz CT molecular complexity index is 366. The molecule has 0 atom stereocenters. The van der Waals surface area contributed by atoms with Gasteiger partial charge in [0.05, 0.1) is 0 Å². The lowest BCUT2D eigenvalue weighted by molar-refractivity contribution is 0.424. The van der Waals surface area contributed by atoms with Crippen molar-refractivity contribution in [3.05, 3.63) is 17.5 Å². The van der Waals surface area contributed by atoms with E-state index in [1.54, 1.807) is 0 Å². The van der Waals surface area contributed by atoms with Crippen LogP contribution >= 0.6 is 0 Å².